The van der Waals surface area contributed by atoms with Gasteiger partial charge >= 0.3 is 5.97 Å². The fourth-order valence-electron chi connectivity index (χ4n) is 9.59. The van der Waals surface area contributed by atoms with Gasteiger partial charge in [0.05, 0.1) is 6.10 Å². The molecule has 4 unspecified atom stereocenters. The Morgan fingerprint density at radius 3 is 2.60 bits per heavy atom. The second kappa shape index (κ2) is 8.45. The van der Waals surface area contributed by atoms with Crippen molar-refractivity contribution in [2.24, 2.45) is 34.5 Å². The third-order valence-electron chi connectivity index (χ3n) is 11.4. The quantitative estimate of drug-likeness (QED) is 0.449. The van der Waals surface area contributed by atoms with Crippen LogP contribution in [0.25, 0.3) is 0 Å². The second-order valence-electron chi connectivity index (χ2n) is 13.2. The topological polar surface area (TPSA) is 58.6 Å². The summed E-state index contributed by atoms with van der Waals surface area (Å²) >= 11 is 0. The van der Waals surface area contributed by atoms with E-state index in [0.717, 1.165) is 44.1 Å². The summed E-state index contributed by atoms with van der Waals surface area (Å²) in [7, 11) is 0. The average Bonchev–Trinajstić information content (AvgIpc) is 3.20. The molecule has 0 spiro atoms. The highest BCUT2D eigenvalue weighted by Gasteiger charge is 2.63. The number of allylic oxidation sites excluding steroid dienone is 1. The van der Waals surface area contributed by atoms with Crippen LogP contribution in [-0.2, 0) is 16.0 Å². The summed E-state index contributed by atoms with van der Waals surface area (Å²) in [6.07, 6.45) is 12.1. The van der Waals surface area contributed by atoms with Crippen LogP contribution >= 0.6 is 0 Å². The van der Waals surface area contributed by atoms with Crippen LogP contribution in [0.1, 0.15) is 77.7 Å². The largest absolute Gasteiger partial charge is 0.457 e. The van der Waals surface area contributed by atoms with Crippen molar-refractivity contribution in [1.82, 2.24) is 5.32 Å². The molecule has 0 aromatic heterocycles. The van der Waals surface area contributed by atoms with Crippen molar-refractivity contribution in [2.45, 2.75) is 96.3 Å². The first-order valence-electron chi connectivity index (χ1n) is 14.1. The Morgan fingerprint density at radius 1 is 1.03 bits per heavy atom. The summed E-state index contributed by atoms with van der Waals surface area (Å²) in [6, 6.07) is 9.99. The molecule has 5 aliphatic rings. The average molecular weight is 478 g/mol. The number of carbonyl (C=O) groups is 1. The molecular formula is C31H43NO3. The summed E-state index contributed by atoms with van der Waals surface area (Å²) in [5.41, 5.74) is 2.77. The lowest BCUT2D eigenvalue weighted by atomic mass is 9.46. The molecule has 0 bridgehead atoms. The third kappa shape index (κ3) is 3.73. The number of carbonyl (C=O) groups excluding carboxylic acids is 1. The van der Waals surface area contributed by atoms with Gasteiger partial charge in [-0.2, -0.15) is 0 Å². The highest BCUT2D eigenvalue weighted by molar-refractivity contribution is 5.77. The number of cyclic esters (lactones) is 1. The van der Waals surface area contributed by atoms with E-state index in [1.165, 1.54) is 36.8 Å². The zero-order valence-corrected chi connectivity index (χ0v) is 21.8. The molecular weight excluding hydrogens is 434 g/mol. The molecule has 1 aliphatic heterocycles. The predicted octanol–water partition coefficient (Wildman–Crippen LogP) is 5.44. The highest BCUT2D eigenvalue weighted by Crippen LogP contribution is 2.67. The molecule has 4 nitrogen and oxygen atoms in total. The van der Waals surface area contributed by atoms with Gasteiger partial charge in [-0.1, -0.05) is 55.8 Å². The van der Waals surface area contributed by atoms with Crippen molar-refractivity contribution < 1.29 is 14.6 Å². The molecule has 1 saturated heterocycles. The standard InChI is InChI=1S/C31H43NO3/c1-29-15-13-22(33)18-21(29)9-10-23-24-11-12-27(30(24,2)16-14-25(23)29)31(3)19-32-26(28(34)35-31)17-20-7-5-4-6-8-20/h4-9,22-27,32-33H,10-19H2,1-3H3/t22-,23?,24?,25?,26+,27?,29-,30-,31-/m0/s1. The Bertz CT molecular complexity index is 1010. The highest BCUT2D eigenvalue weighted by atomic mass is 16.6. The Balaban J connectivity index is 1.19. The van der Waals surface area contributed by atoms with E-state index in [1.54, 1.807) is 0 Å². The first-order chi connectivity index (χ1) is 16.7. The first-order valence-corrected chi connectivity index (χ1v) is 14.1. The number of hydrogen-bond acceptors (Lipinski definition) is 4. The zero-order chi connectivity index (χ0) is 24.4. The lowest BCUT2D eigenvalue weighted by Gasteiger charge is -2.59. The lowest BCUT2D eigenvalue weighted by Crippen LogP contribution is -2.62. The number of morpholine rings is 1. The number of aliphatic hydroxyl groups excluding tert-OH is 1. The van der Waals surface area contributed by atoms with Gasteiger partial charge < -0.3 is 15.2 Å². The SMILES string of the molecule is C[C@]12CCC3C(CC=C4C[C@@H](O)CC[C@@]43C)C1CCC2[C@]1(C)CN[C@H](Cc2ccccc2)C(=O)O1. The van der Waals surface area contributed by atoms with Crippen molar-refractivity contribution in [3.05, 3.63) is 47.5 Å². The van der Waals surface area contributed by atoms with Crippen LogP contribution < -0.4 is 5.32 Å². The van der Waals surface area contributed by atoms with Crippen LogP contribution in [0.15, 0.2) is 42.0 Å². The number of ether oxygens (including phenoxy) is 1. The molecule has 4 heteroatoms. The molecule has 35 heavy (non-hydrogen) atoms. The van der Waals surface area contributed by atoms with E-state index in [9.17, 15) is 9.90 Å². The van der Waals surface area contributed by atoms with Gasteiger partial charge in [0, 0.05) is 12.5 Å². The van der Waals surface area contributed by atoms with E-state index in [1.807, 2.05) is 18.2 Å². The van der Waals surface area contributed by atoms with E-state index in [0.29, 0.717) is 18.3 Å². The van der Waals surface area contributed by atoms with Crippen molar-refractivity contribution in [3.63, 3.8) is 0 Å². The maximum Gasteiger partial charge on any atom is 0.324 e. The van der Waals surface area contributed by atoms with Gasteiger partial charge in [0.25, 0.3) is 0 Å². The molecule has 0 radical (unpaired) electrons. The number of fused-ring (bicyclic) bond motifs is 5. The number of hydrogen-bond donors (Lipinski definition) is 2. The Labute approximate surface area is 210 Å². The molecule has 1 aromatic carbocycles. The molecule has 6 rings (SSSR count). The summed E-state index contributed by atoms with van der Waals surface area (Å²) < 4.78 is 6.37. The van der Waals surface area contributed by atoms with E-state index < -0.39 is 5.60 Å². The monoisotopic (exact) mass is 477 g/mol. The number of esters is 1. The molecule has 3 saturated carbocycles. The molecule has 0 amide bonds. The number of rotatable bonds is 3. The smallest absolute Gasteiger partial charge is 0.324 e. The van der Waals surface area contributed by atoms with E-state index >= 15 is 0 Å². The predicted molar refractivity (Wildman–Crippen MR) is 138 cm³/mol. The summed E-state index contributed by atoms with van der Waals surface area (Å²) in [6.45, 7) is 7.96. The normalized spacial score (nSPS) is 47.2. The number of benzene rings is 1. The number of nitrogens with one attached hydrogen (secondary N) is 1. The van der Waals surface area contributed by atoms with Gasteiger partial charge in [-0.3, -0.25) is 4.79 Å². The van der Waals surface area contributed by atoms with E-state index in [2.05, 4.69) is 44.3 Å². The zero-order valence-electron chi connectivity index (χ0n) is 21.8. The van der Waals surface area contributed by atoms with Crippen LogP contribution in [0.5, 0.6) is 0 Å². The first kappa shape index (κ1) is 23.7. The third-order valence-corrected chi connectivity index (χ3v) is 11.4. The number of aliphatic hydroxyl groups is 1. The van der Waals surface area contributed by atoms with Crippen molar-refractivity contribution in [2.75, 3.05) is 6.54 Å². The summed E-state index contributed by atoms with van der Waals surface area (Å²) in [5, 5.41) is 13.9. The van der Waals surface area contributed by atoms with Crippen LogP contribution in [-0.4, -0.2) is 35.4 Å². The van der Waals surface area contributed by atoms with Gasteiger partial charge in [-0.15, -0.1) is 0 Å². The molecule has 9 atom stereocenters. The molecule has 1 aromatic rings. The van der Waals surface area contributed by atoms with Crippen molar-refractivity contribution >= 4 is 5.97 Å². The Hall–Kier alpha value is -1.65. The van der Waals surface area contributed by atoms with Gasteiger partial charge in [0.15, 0.2) is 0 Å². The summed E-state index contributed by atoms with van der Waals surface area (Å²) in [5.74, 6) is 2.49. The minimum Gasteiger partial charge on any atom is -0.457 e. The van der Waals surface area contributed by atoms with E-state index in [-0.39, 0.29) is 28.9 Å². The summed E-state index contributed by atoms with van der Waals surface area (Å²) in [4.78, 5) is 13.2. The van der Waals surface area contributed by atoms with Gasteiger partial charge in [-0.25, -0.2) is 0 Å². The lowest BCUT2D eigenvalue weighted by molar-refractivity contribution is -0.184. The fraction of sp³-hybridized carbons (Fsp3) is 0.710. The van der Waals surface area contributed by atoms with Crippen LogP contribution in [0.3, 0.4) is 0 Å². The van der Waals surface area contributed by atoms with E-state index in [4.69, 9.17) is 4.74 Å². The van der Waals surface area contributed by atoms with Gasteiger partial charge in [-0.05, 0) is 98.9 Å². The molecule has 190 valence electrons. The second-order valence-corrected chi connectivity index (χ2v) is 13.2. The Kier molecular flexibility index (Phi) is 5.73. The van der Waals surface area contributed by atoms with Crippen molar-refractivity contribution in [3.8, 4) is 0 Å². The fourth-order valence-corrected chi connectivity index (χ4v) is 9.59. The molecule has 4 fully saturated rings. The molecule has 1 heterocycles. The Morgan fingerprint density at radius 2 is 1.83 bits per heavy atom. The van der Waals surface area contributed by atoms with Crippen LogP contribution in [0.2, 0.25) is 0 Å². The minimum absolute atomic E-state index is 0.0816. The molecule has 2 N–H and O–H groups in total. The van der Waals surface area contributed by atoms with Gasteiger partial charge in [0.2, 0.25) is 0 Å². The van der Waals surface area contributed by atoms with Crippen LogP contribution in [0, 0.1) is 34.5 Å². The maximum atomic E-state index is 13.2. The minimum atomic E-state index is -0.435. The maximum absolute atomic E-state index is 13.2. The molecule has 4 aliphatic carbocycles. The van der Waals surface area contributed by atoms with Gasteiger partial charge in [0.1, 0.15) is 11.6 Å². The van der Waals surface area contributed by atoms with Crippen LogP contribution in [0.4, 0.5) is 0 Å². The van der Waals surface area contributed by atoms with Crippen molar-refractivity contribution in [1.29, 1.82) is 0 Å².